The van der Waals surface area contributed by atoms with Crippen molar-refractivity contribution >= 4 is 23.4 Å². The Kier molecular flexibility index (Phi) is 6.31. The van der Waals surface area contributed by atoms with Crippen LogP contribution in [0.15, 0.2) is 6.20 Å². The molecule has 3 N–H and O–H groups in total. The monoisotopic (exact) mass is 286 g/mol. The number of hydrogen-bond donors (Lipinski definition) is 3. The summed E-state index contributed by atoms with van der Waals surface area (Å²) in [5, 5.41) is 15.7. The fourth-order valence-electron chi connectivity index (χ4n) is 1.70. The molecule has 6 heteroatoms. The molecular weight excluding hydrogens is 264 g/mol. The Hall–Kier alpha value is -1.07. The first-order valence-corrected chi connectivity index (χ1v) is 6.97. The Bertz CT molecular complexity index is 398. The molecule has 5 nitrogen and oxygen atoms in total. The lowest BCUT2D eigenvalue weighted by Gasteiger charge is -2.25. The summed E-state index contributed by atoms with van der Waals surface area (Å²) in [4.78, 5) is 8.43. The topological polar surface area (TPSA) is 70.1 Å². The second-order valence-corrected chi connectivity index (χ2v) is 5.67. The van der Waals surface area contributed by atoms with Gasteiger partial charge in [-0.2, -0.15) is 4.98 Å². The number of rotatable bonds is 8. The largest absolute Gasteiger partial charge is 0.396 e. The van der Waals surface area contributed by atoms with Gasteiger partial charge in [0.25, 0.3) is 0 Å². The molecular formula is C13H23ClN4O. The lowest BCUT2D eigenvalue weighted by atomic mass is 9.88. The summed E-state index contributed by atoms with van der Waals surface area (Å²) in [6.45, 7) is 8.02. The van der Waals surface area contributed by atoms with Crippen LogP contribution < -0.4 is 10.6 Å². The van der Waals surface area contributed by atoms with Gasteiger partial charge in [0.05, 0.1) is 6.20 Å². The molecule has 0 amide bonds. The maximum absolute atomic E-state index is 8.88. The molecule has 0 saturated carbocycles. The number of hydrogen-bond acceptors (Lipinski definition) is 5. The summed E-state index contributed by atoms with van der Waals surface area (Å²) in [5.74, 6) is 1.22. The van der Waals surface area contributed by atoms with Gasteiger partial charge in [-0.05, 0) is 25.2 Å². The average Bonchev–Trinajstić information content (AvgIpc) is 2.37. The van der Waals surface area contributed by atoms with Gasteiger partial charge in [0, 0.05) is 19.7 Å². The smallest absolute Gasteiger partial charge is 0.224 e. The van der Waals surface area contributed by atoms with Crippen LogP contribution in [0.25, 0.3) is 0 Å². The second-order valence-electron chi connectivity index (χ2n) is 5.27. The molecule has 0 unspecified atom stereocenters. The first-order valence-electron chi connectivity index (χ1n) is 6.59. The molecule has 19 heavy (non-hydrogen) atoms. The first kappa shape index (κ1) is 16.0. The molecule has 1 aromatic rings. The standard InChI is InChI=1S/C13H23ClN4O/c1-4-15-12-16-8-10(14)11(18-12)17-9-13(2,3)6-5-7-19/h8,19H,4-7,9H2,1-3H3,(H2,15,16,17,18). The molecule has 108 valence electrons. The molecule has 0 fully saturated rings. The maximum atomic E-state index is 8.88. The predicted octanol–water partition coefficient (Wildman–Crippen LogP) is 2.77. The van der Waals surface area contributed by atoms with Crippen molar-refractivity contribution in [2.75, 3.05) is 30.3 Å². The van der Waals surface area contributed by atoms with Crippen LogP contribution in [0.4, 0.5) is 11.8 Å². The number of aliphatic hydroxyl groups excluding tert-OH is 1. The Balaban J connectivity index is 2.63. The number of nitrogens with one attached hydrogen (secondary N) is 2. The van der Waals surface area contributed by atoms with E-state index in [-0.39, 0.29) is 12.0 Å². The van der Waals surface area contributed by atoms with Crippen molar-refractivity contribution in [1.29, 1.82) is 0 Å². The minimum atomic E-state index is 0.0787. The van der Waals surface area contributed by atoms with Crippen molar-refractivity contribution in [3.63, 3.8) is 0 Å². The van der Waals surface area contributed by atoms with Gasteiger partial charge >= 0.3 is 0 Å². The van der Waals surface area contributed by atoms with E-state index in [4.69, 9.17) is 16.7 Å². The zero-order valence-electron chi connectivity index (χ0n) is 11.8. The lowest BCUT2D eigenvalue weighted by Crippen LogP contribution is -2.24. The van der Waals surface area contributed by atoms with E-state index in [1.807, 2.05) is 6.92 Å². The molecule has 1 heterocycles. The van der Waals surface area contributed by atoms with Crippen molar-refractivity contribution < 1.29 is 5.11 Å². The van der Waals surface area contributed by atoms with Gasteiger partial charge in [0.2, 0.25) is 5.95 Å². The zero-order chi connectivity index (χ0) is 14.3. The Morgan fingerprint density at radius 1 is 1.37 bits per heavy atom. The van der Waals surface area contributed by atoms with Crippen LogP contribution in [0.1, 0.15) is 33.6 Å². The van der Waals surface area contributed by atoms with E-state index in [1.54, 1.807) is 6.20 Å². The number of anilines is 2. The predicted molar refractivity (Wildman–Crippen MR) is 79.8 cm³/mol. The first-order chi connectivity index (χ1) is 8.98. The summed E-state index contributed by atoms with van der Waals surface area (Å²) in [5.41, 5.74) is 0.0787. The summed E-state index contributed by atoms with van der Waals surface area (Å²) >= 11 is 6.07. The van der Waals surface area contributed by atoms with E-state index in [0.717, 1.165) is 25.9 Å². The second kappa shape index (κ2) is 7.50. The minimum absolute atomic E-state index is 0.0787. The molecule has 1 rings (SSSR count). The Morgan fingerprint density at radius 2 is 2.11 bits per heavy atom. The van der Waals surface area contributed by atoms with E-state index >= 15 is 0 Å². The van der Waals surface area contributed by atoms with Crippen molar-refractivity contribution in [2.45, 2.75) is 33.6 Å². The van der Waals surface area contributed by atoms with Crippen LogP contribution in [0, 0.1) is 5.41 Å². The molecule has 0 spiro atoms. The summed E-state index contributed by atoms with van der Waals surface area (Å²) in [7, 11) is 0. The Labute approximate surface area is 119 Å². The maximum Gasteiger partial charge on any atom is 0.224 e. The van der Waals surface area contributed by atoms with E-state index in [2.05, 4.69) is 34.4 Å². The normalized spacial score (nSPS) is 11.4. The van der Waals surface area contributed by atoms with Crippen LogP contribution in [0.3, 0.4) is 0 Å². The van der Waals surface area contributed by atoms with Crippen LogP contribution >= 0.6 is 11.6 Å². The number of aliphatic hydroxyl groups is 1. The number of aromatic nitrogens is 2. The Morgan fingerprint density at radius 3 is 2.74 bits per heavy atom. The molecule has 0 aliphatic heterocycles. The average molecular weight is 287 g/mol. The van der Waals surface area contributed by atoms with Gasteiger partial charge in [0.15, 0.2) is 5.82 Å². The number of nitrogens with zero attached hydrogens (tertiary/aromatic N) is 2. The fraction of sp³-hybridized carbons (Fsp3) is 0.692. The van der Waals surface area contributed by atoms with Gasteiger partial charge in [0.1, 0.15) is 5.02 Å². The highest BCUT2D eigenvalue weighted by atomic mass is 35.5. The summed E-state index contributed by atoms with van der Waals surface area (Å²) in [6.07, 6.45) is 3.34. The highest BCUT2D eigenvalue weighted by Crippen LogP contribution is 2.25. The fourth-order valence-corrected chi connectivity index (χ4v) is 1.86. The van der Waals surface area contributed by atoms with Gasteiger partial charge < -0.3 is 15.7 Å². The SMILES string of the molecule is CCNc1ncc(Cl)c(NCC(C)(C)CCCO)n1. The third kappa shape index (κ3) is 5.61. The van der Waals surface area contributed by atoms with Crippen LogP contribution in [-0.4, -0.2) is 34.8 Å². The minimum Gasteiger partial charge on any atom is -0.396 e. The summed E-state index contributed by atoms with van der Waals surface area (Å²) < 4.78 is 0. The highest BCUT2D eigenvalue weighted by Gasteiger charge is 2.18. The van der Waals surface area contributed by atoms with Gasteiger partial charge in [-0.15, -0.1) is 0 Å². The van der Waals surface area contributed by atoms with Gasteiger partial charge in [-0.3, -0.25) is 0 Å². The molecule has 0 saturated heterocycles. The van der Waals surface area contributed by atoms with Crippen LogP contribution in [0.5, 0.6) is 0 Å². The van der Waals surface area contributed by atoms with Crippen molar-refractivity contribution in [3.05, 3.63) is 11.2 Å². The molecule has 1 aromatic heterocycles. The van der Waals surface area contributed by atoms with E-state index in [9.17, 15) is 0 Å². The van der Waals surface area contributed by atoms with E-state index in [1.165, 1.54) is 0 Å². The third-order valence-corrected chi connectivity index (χ3v) is 3.10. The highest BCUT2D eigenvalue weighted by molar-refractivity contribution is 6.32. The van der Waals surface area contributed by atoms with E-state index < -0.39 is 0 Å². The molecule has 0 atom stereocenters. The molecule has 0 bridgehead atoms. The molecule has 0 radical (unpaired) electrons. The lowest BCUT2D eigenvalue weighted by molar-refractivity contribution is 0.248. The zero-order valence-corrected chi connectivity index (χ0v) is 12.6. The van der Waals surface area contributed by atoms with Crippen molar-refractivity contribution in [1.82, 2.24) is 9.97 Å². The van der Waals surface area contributed by atoms with Gasteiger partial charge in [-0.25, -0.2) is 4.98 Å². The quantitative estimate of drug-likeness (QED) is 0.685. The third-order valence-electron chi connectivity index (χ3n) is 2.83. The summed E-state index contributed by atoms with van der Waals surface area (Å²) in [6, 6.07) is 0. The van der Waals surface area contributed by atoms with Crippen LogP contribution in [0.2, 0.25) is 5.02 Å². The molecule has 0 aliphatic rings. The molecule has 0 aliphatic carbocycles. The molecule has 0 aromatic carbocycles. The van der Waals surface area contributed by atoms with Crippen molar-refractivity contribution in [3.8, 4) is 0 Å². The van der Waals surface area contributed by atoms with Crippen molar-refractivity contribution in [2.24, 2.45) is 5.41 Å². The van der Waals surface area contributed by atoms with Gasteiger partial charge in [-0.1, -0.05) is 25.4 Å². The van der Waals surface area contributed by atoms with E-state index in [0.29, 0.717) is 16.8 Å². The van der Waals surface area contributed by atoms with Crippen LogP contribution in [-0.2, 0) is 0 Å². The number of halogens is 1.